The molecule has 1 aliphatic heterocycles. The summed E-state index contributed by atoms with van der Waals surface area (Å²) in [4.78, 5) is 14.9. The van der Waals surface area contributed by atoms with Crippen molar-refractivity contribution >= 4 is 33.4 Å². The van der Waals surface area contributed by atoms with Crippen molar-refractivity contribution in [2.24, 2.45) is 0 Å². The number of fused-ring (bicyclic) bond motifs is 1. The Kier molecular flexibility index (Phi) is 4.23. The van der Waals surface area contributed by atoms with E-state index < -0.39 is 5.60 Å². The average Bonchev–Trinajstić information content (AvgIpc) is 2.65. The fourth-order valence-corrected chi connectivity index (χ4v) is 3.63. The van der Waals surface area contributed by atoms with Gasteiger partial charge in [0.1, 0.15) is 5.60 Å². The van der Waals surface area contributed by atoms with Crippen LogP contribution in [0.25, 0.3) is 0 Å². The first-order valence-electron chi connectivity index (χ1n) is 6.13. The topological polar surface area (TPSA) is 38.8 Å². The molecule has 1 aliphatic rings. The second-order valence-electron chi connectivity index (χ2n) is 5.49. The number of hydrogen-bond donors (Lipinski definition) is 0. The van der Waals surface area contributed by atoms with Crippen molar-refractivity contribution in [3.63, 3.8) is 0 Å². The maximum absolute atomic E-state index is 12.1. The monoisotopic (exact) mass is 347 g/mol. The van der Waals surface area contributed by atoms with E-state index in [9.17, 15) is 4.79 Å². The molecule has 1 aromatic rings. The molecule has 0 aromatic carbocycles. The highest BCUT2D eigenvalue weighted by Gasteiger charge is 2.31. The van der Waals surface area contributed by atoms with Gasteiger partial charge in [0, 0.05) is 23.9 Å². The Labute approximate surface area is 125 Å². The Balaban J connectivity index is 2.16. The number of carbonyl (C=O) groups excluding carboxylic acids is 1. The van der Waals surface area contributed by atoms with E-state index in [1.165, 1.54) is 9.78 Å². The molecule has 1 aromatic heterocycles. The van der Waals surface area contributed by atoms with Gasteiger partial charge < -0.3 is 9.47 Å². The minimum atomic E-state index is -0.502. The number of amides is 1. The van der Waals surface area contributed by atoms with Crippen molar-refractivity contribution in [2.45, 2.75) is 39.0 Å². The van der Waals surface area contributed by atoms with Gasteiger partial charge in [0.05, 0.1) is 10.4 Å². The highest BCUT2D eigenvalue weighted by atomic mass is 79.9. The van der Waals surface area contributed by atoms with Crippen LogP contribution in [0.4, 0.5) is 4.79 Å². The number of halogens is 1. The molecular weight excluding hydrogens is 330 g/mol. The molecule has 0 radical (unpaired) electrons. The zero-order valence-electron chi connectivity index (χ0n) is 11.5. The van der Waals surface area contributed by atoms with E-state index in [1.807, 2.05) is 26.8 Å². The molecule has 2 heterocycles. The lowest BCUT2D eigenvalue weighted by atomic mass is 10.1. The molecule has 6 heteroatoms. The van der Waals surface area contributed by atoms with Crippen LogP contribution in [-0.2, 0) is 15.9 Å². The summed E-state index contributed by atoms with van der Waals surface area (Å²) < 4.78 is 12.2. The molecule has 0 N–H and O–H groups in total. The Morgan fingerprint density at radius 2 is 2.26 bits per heavy atom. The van der Waals surface area contributed by atoms with Crippen molar-refractivity contribution in [3.05, 3.63) is 20.3 Å². The Morgan fingerprint density at radius 3 is 2.89 bits per heavy atom. The summed E-state index contributed by atoms with van der Waals surface area (Å²) in [6, 6.07) is 2.02. The molecule has 1 amide bonds. The maximum atomic E-state index is 12.1. The summed E-state index contributed by atoms with van der Waals surface area (Å²) in [6.07, 6.45) is 0.165. The van der Waals surface area contributed by atoms with Gasteiger partial charge in [-0.3, -0.25) is 4.90 Å². The minimum Gasteiger partial charge on any atom is -0.444 e. The van der Waals surface area contributed by atoms with E-state index >= 15 is 0 Å². The molecular formula is C13H18BrNO3S. The average molecular weight is 348 g/mol. The first kappa shape index (κ1) is 14.8. The van der Waals surface area contributed by atoms with Crippen LogP contribution in [-0.4, -0.2) is 30.2 Å². The smallest absolute Gasteiger partial charge is 0.412 e. The number of hydrogen-bond acceptors (Lipinski definition) is 4. The third-order valence-corrected chi connectivity index (χ3v) is 4.43. The van der Waals surface area contributed by atoms with E-state index in [0.717, 1.165) is 15.8 Å². The van der Waals surface area contributed by atoms with Gasteiger partial charge in [-0.25, -0.2) is 4.79 Å². The van der Waals surface area contributed by atoms with Crippen LogP contribution in [0.2, 0.25) is 0 Å². The molecule has 0 aliphatic carbocycles. The SMILES string of the molecule is CN(C(=O)OC(C)(C)C)C1OCCc2sc(Br)cc21. The first-order chi connectivity index (χ1) is 8.78. The van der Waals surface area contributed by atoms with Crippen LogP contribution in [0.1, 0.15) is 37.4 Å². The number of thiophene rings is 1. The van der Waals surface area contributed by atoms with Crippen LogP contribution in [0.5, 0.6) is 0 Å². The van der Waals surface area contributed by atoms with Gasteiger partial charge in [0.15, 0.2) is 6.23 Å². The predicted octanol–water partition coefficient (Wildman–Crippen LogP) is 3.95. The van der Waals surface area contributed by atoms with Gasteiger partial charge in [-0.1, -0.05) is 0 Å². The lowest BCUT2D eigenvalue weighted by molar-refractivity contribution is -0.0655. The third-order valence-electron chi connectivity index (χ3n) is 2.72. The van der Waals surface area contributed by atoms with Crippen LogP contribution < -0.4 is 0 Å². The van der Waals surface area contributed by atoms with Crippen LogP contribution in [0.15, 0.2) is 9.85 Å². The highest BCUT2D eigenvalue weighted by Crippen LogP contribution is 2.37. The van der Waals surface area contributed by atoms with Gasteiger partial charge in [0.25, 0.3) is 0 Å². The number of rotatable bonds is 1. The van der Waals surface area contributed by atoms with E-state index in [0.29, 0.717) is 6.61 Å². The molecule has 4 nitrogen and oxygen atoms in total. The molecule has 0 bridgehead atoms. The van der Waals surface area contributed by atoms with Crippen LogP contribution in [0, 0.1) is 0 Å². The molecule has 0 saturated carbocycles. The van der Waals surface area contributed by atoms with E-state index in [2.05, 4.69) is 15.9 Å². The molecule has 0 saturated heterocycles. The first-order valence-corrected chi connectivity index (χ1v) is 7.74. The number of nitrogens with zero attached hydrogens (tertiary/aromatic N) is 1. The molecule has 1 atom stereocenters. The lowest BCUT2D eigenvalue weighted by Crippen LogP contribution is -2.39. The third kappa shape index (κ3) is 3.49. The standard InChI is InChI=1S/C13H18BrNO3S/c1-13(2,3)18-12(16)15(4)11-8-7-10(14)19-9(8)5-6-17-11/h7,11H,5-6H2,1-4H3. The minimum absolute atomic E-state index is 0.360. The van der Waals surface area contributed by atoms with E-state index in [1.54, 1.807) is 18.4 Å². The Morgan fingerprint density at radius 1 is 1.58 bits per heavy atom. The van der Waals surface area contributed by atoms with Crippen LogP contribution >= 0.6 is 27.3 Å². The number of ether oxygens (including phenoxy) is 2. The van der Waals surface area contributed by atoms with Crippen molar-refractivity contribution in [1.29, 1.82) is 0 Å². The second kappa shape index (κ2) is 5.42. The van der Waals surface area contributed by atoms with Gasteiger partial charge in [-0.15, -0.1) is 11.3 Å². The van der Waals surface area contributed by atoms with Crippen molar-refractivity contribution in [3.8, 4) is 0 Å². The quantitative estimate of drug-likeness (QED) is 0.771. The van der Waals surface area contributed by atoms with Crippen molar-refractivity contribution < 1.29 is 14.3 Å². The largest absolute Gasteiger partial charge is 0.444 e. The van der Waals surface area contributed by atoms with E-state index in [-0.39, 0.29) is 12.3 Å². The second-order valence-corrected chi connectivity index (χ2v) is 8.01. The van der Waals surface area contributed by atoms with Crippen LogP contribution in [0.3, 0.4) is 0 Å². The molecule has 0 fully saturated rings. The fourth-order valence-electron chi connectivity index (χ4n) is 1.92. The molecule has 106 valence electrons. The Bertz CT molecular complexity index is 481. The number of carbonyl (C=O) groups is 1. The summed E-state index contributed by atoms with van der Waals surface area (Å²) in [5.74, 6) is 0. The highest BCUT2D eigenvalue weighted by molar-refractivity contribution is 9.11. The zero-order chi connectivity index (χ0) is 14.2. The molecule has 0 spiro atoms. The Hall–Kier alpha value is -0.590. The maximum Gasteiger partial charge on any atom is 0.412 e. The summed E-state index contributed by atoms with van der Waals surface area (Å²) in [5, 5.41) is 0. The summed E-state index contributed by atoms with van der Waals surface area (Å²) in [5.41, 5.74) is 0.550. The normalized spacial score (nSPS) is 18.9. The van der Waals surface area contributed by atoms with Gasteiger partial charge in [-0.05, 0) is 42.8 Å². The molecule has 2 rings (SSSR count). The van der Waals surface area contributed by atoms with Crippen molar-refractivity contribution in [1.82, 2.24) is 4.90 Å². The summed E-state index contributed by atoms with van der Waals surface area (Å²) in [7, 11) is 1.71. The fraction of sp³-hybridized carbons (Fsp3) is 0.615. The van der Waals surface area contributed by atoms with Gasteiger partial charge in [-0.2, -0.15) is 0 Å². The predicted molar refractivity (Wildman–Crippen MR) is 78.4 cm³/mol. The zero-order valence-corrected chi connectivity index (χ0v) is 13.9. The van der Waals surface area contributed by atoms with Crippen molar-refractivity contribution in [2.75, 3.05) is 13.7 Å². The van der Waals surface area contributed by atoms with Gasteiger partial charge in [0.2, 0.25) is 0 Å². The van der Waals surface area contributed by atoms with Gasteiger partial charge >= 0.3 is 6.09 Å². The summed E-state index contributed by atoms with van der Waals surface area (Å²) >= 11 is 5.18. The molecule has 19 heavy (non-hydrogen) atoms. The van der Waals surface area contributed by atoms with E-state index in [4.69, 9.17) is 9.47 Å². The molecule has 1 unspecified atom stereocenters. The summed E-state index contributed by atoms with van der Waals surface area (Å²) in [6.45, 7) is 6.19. The lowest BCUT2D eigenvalue weighted by Gasteiger charge is -2.32.